The lowest BCUT2D eigenvalue weighted by atomic mass is 10.2. The quantitative estimate of drug-likeness (QED) is 0.615. The number of rotatable bonds is 2. The second kappa shape index (κ2) is 3.97. The van der Waals surface area contributed by atoms with Crippen molar-refractivity contribution >= 4 is 38.1 Å². The van der Waals surface area contributed by atoms with Gasteiger partial charge in [0, 0.05) is 16.9 Å². The number of aldehydes is 1. The number of hydrogen-bond acceptors (Lipinski definition) is 2. The highest BCUT2D eigenvalue weighted by molar-refractivity contribution is 9.11. The molecular weight excluding hydrogens is 274 g/mol. The molecule has 0 aliphatic rings. The summed E-state index contributed by atoms with van der Waals surface area (Å²) < 4.78 is 0.842. The van der Waals surface area contributed by atoms with Crippen molar-refractivity contribution in [3.05, 3.63) is 28.5 Å². The third kappa shape index (κ3) is 2.10. The molecule has 0 saturated heterocycles. The second-order valence-electron chi connectivity index (χ2n) is 1.94. The highest BCUT2D eigenvalue weighted by atomic mass is 79.9. The number of hydrogen-bond donors (Lipinski definition) is 0. The zero-order valence-electron chi connectivity index (χ0n) is 5.50. The van der Waals surface area contributed by atoms with Crippen molar-refractivity contribution in [2.45, 2.75) is 4.83 Å². The van der Waals surface area contributed by atoms with E-state index in [0.717, 1.165) is 16.3 Å². The van der Waals surface area contributed by atoms with Gasteiger partial charge in [0.15, 0.2) is 0 Å². The Balaban J connectivity index is 3.02. The van der Waals surface area contributed by atoms with Crippen LogP contribution in [0.2, 0.25) is 0 Å². The Labute approximate surface area is 81.3 Å². The molecule has 0 N–H and O–H groups in total. The number of halogens is 2. The lowest BCUT2D eigenvalue weighted by molar-refractivity contribution is -0.107. The predicted octanol–water partition coefficient (Wildman–Crippen LogP) is 2.48. The largest absolute Gasteiger partial charge is 0.302 e. The van der Waals surface area contributed by atoms with Crippen molar-refractivity contribution in [2.24, 2.45) is 0 Å². The molecule has 0 aliphatic carbocycles. The van der Waals surface area contributed by atoms with Gasteiger partial charge in [0.05, 0.1) is 4.83 Å². The number of pyridine rings is 1. The molecule has 0 saturated carbocycles. The second-order valence-corrected chi connectivity index (χ2v) is 3.78. The van der Waals surface area contributed by atoms with E-state index in [-0.39, 0.29) is 4.83 Å². The molecule has 0 spiro atoms. The first kappa shape index (κ1) is 8.87. The number of nitrogens with zero attached hydrogens (tertiary/aromatic N) is 1. The van der Waals surface area contributed by atoms with Crippen LogP contribution in [0.25, 0.3) is 0 Å². The van der Waals surface area contributed by atoms with E-state index in [1.54, 1.807) is 18.5 Å². The van der Waals surface area contributed by atoms with Gasteiger partial charge in [-0.2, -0.15) is 0 Å². The van der Waals surface area contributed by atoms with Gasteiger partial charge >= 0.3 is 0 Å². The molecule has 58 valence electrons. The Hall–Kier alpha value is -0.220. The Bertz CT molecular complexity index is 264. The Morgan fingerprint density at radius 3 is 2.91 bits per heavy atom. The van der Waals surface area contributed by atoms with E-state index in [1.807, 2.05) is 0 Å². The zero-order chi connectivity index (χ0) is 8.27. The molecule has 4 heteroatoms. The van der Waals surface area contributed by atoms with Crippen LogP contribution in [-0.4, -0.2) is 11.3 Å². The van der Waals surface area contributed by atoms with Gasteiger partial charge in [-0.1, -0.05) is 15.9 Å². The van der Waals surface area contributed by atoms with Crippen LogP contribution < -0.4 is 0 Å². The molecule has 0 aromatic carbocycles. The van der Waals surface area contributed by atoms with Gasteiger partial charge in [-0.05, 0) is 27.6 Å². The van der Waals surface area contributed by atoms with Crippen LogP contribution in [0, 0.1) is 0 Å². The van der Waals surface area contributed by atoms with E-state index in [1.165, 1.54) is 0 Å². The van der Waals surface area contributed by atoms with E-state index in [0.29, 0.717) is 0 Å². The summed E-state index contributed by atoms with van der Waals surface area (Å²) >= 11 is 6.50. The molecule has 1 rings (SSSR count). The third-order valence-corrected chi connectivity index (χ3v) is 2.59. The summed E-state index contributed by atoms with van der Waals surface area (Å²) in [6, 6.07) is 1.79. The molecule has 0 radical (unpaired) electrons. The van der Waals surface area contributed by atoms with Crippen molar-refractivity contribution in [1.82, 2.24) is 4.98 Å². The average molecular weight is 279 g/mol. The van der Waals surface area contributed by atoms with Gasteiger partial charge < -0.3 is 4.79 Å². The molecule has 1 atom stereocenters. The maximum atomic E-state index is 10.4. The lowest BCUT2D eigenvalue weighted by Crippen LogP contribution is -1.91. The van der Waals surface area contributed by atoms with Gasteiger partial charge in [-0.25, -0.2) is 0 Å². The van der Waals surface area contributed by atoms with Gasteiger partial charge in [0.25, 0.3) is 0 Å². The Kier molecular flexibility index (Phi) is 3.20. The minimum absolute atomic E-state index is 0.250. The van der Waals surface area contributed by atoms with Crippen molar-refractivity contribution in [3.8, 4) is 0 Å². The van der Waals surface area contributed by atoms with E-state index < -0.39 is 0 Å². The van der Waals surface area contributed by atoms with Gasteiger partial charge in [0.2, 0.25) is 0 Å². The van der Waals surface area contributed by atoms with Crippen LogP contribution in [0.4, 0.5) is 0 Å². The molecule has 0 bridgehead atoms. The molecular formula is C7H5Br2NO. The predicted molar refractivity (Wildman–Crippen MR) is 49.7 cm³/mol. The maximum absolute atomic E-state index is 10.4. The van der Waals surface area contributed by atoms with E-state index in [4.69, 9.17) is 0 Å². The van der Waals surface area contributed by atoms with Crippen molar-refractivity contribution in [1.29, 1.82) is 0 Å². The van der Waals surface area contributed by atoms with Crippen LogP contribution in [0.5, 0.6) is 0 Å². The fraction of sp³-hybridized carbons (Fsp3) is 0.143. The van der Waals surface area contributed by atoms with Crippen molar-refractivity contribution in [2.75, 3.05) is 0 Å². The van der Waals surface area contributed by atoms with E-state index in [2.05, 4.69) is 36.8 Å². The monoisotopic (exact) mass is 277 g/mol. The summed E-state index contributed by atoms with van der Waals surface area (Å²) in [4.78, 5) is 14.0. The number of aromatic nitrogens is 1. The molecule has 0 aliphatic heterocycles. The number of alkyl halides is 1. The molecule has 0 amide bonds. The molecule has 2 nitrogen and oxygen atoms in total. The minimum atomic E-state index is -0.250. The standard InChI is InChI=1S/C7H5Br2NO/c8-6-3-10-2-1-5(6)7(9)4-11/h1-4,7H. The van der Waals surface area contributed by atoms with Gasteiger partial charge in [-0.3, -0.25) is 4.98 Å². The van der Waals surface area contributed by atoms with E-state index in [9.17, 15) is 4.79 Å². The molecule has 0 fully saturated rings. The summed E-state index contributed by atoms with van der Waals surface area (Å²) in [5, 5.41) is 0. The molecule has 1 aromatic heterocycles. The highest BCUT2D eigenvalue weighted by Gasteiger charge is 2.08. The first-order chi connectivity index (χ1) is 5.25. The van der Waals surface area contributed by atoms with Crippen LogP contribution in [0.15, 0.2) is 22.9 Å². The molecule has 1 aromatic rings. The zero-order valence-corrected chi connectivity index (χ0v) is 8.67. The van der Waals surface area contributed by atoms with Crippen molar-refractivity contribution < 1.29 is 4.79 Å². The fourth-order valence-corrected chi connectivity index (χ4v) is 1.89. The molecule has 1 heterocycles. The SMILES string of the molecule is O=CC(Br)c1ccncc1Br. The van der Waals surface area contributed by atoms with Crippen LogP contribution >= 0.6 is 31.9 Å². The summed E-state index contributed by atoms with van der Waals surface area (Å²) in [6.07, 6.45) is 4.14. The molecule has 11 heavy (non-hydrogen) atoms. The number of carbonyl (C=O) groups excluding carboxylic acids is 1. The van der Waals surface area contributed by atoms with E-state index >= 15 is 0 Å². The van der Waals surface area contributed by atoms with Gasteiger partial charge in [0.1, 0.15) is 6.29 Å². The normalized spacial score (nSPS) is 12.5. The lowest BCUT2D eigenvalue weighted by Gasteiger charge is -2.02. The Morgan fingerprint density at radius 1 is 1.64 bits per heavy atom. The average Bonchev–Trinajstić information content (AvgIpc) is 2.04. The first-order valence-electron chi connectivity index (χ1n) is 2.94. The summed E-state index contributed by atoms with van der Waals surface area (Å²) in [6.45, 7) is 0. The smallest absolute Gasteiger partial charge is 0.138 e. The van der Waals surface area contributed by atoms with Crippen LogP contribution in [0.3, 0.4) is 0 Å². The maximum Gasteiger partial charge on any atom is 0.138 e. The summed E-state index contributed by atoms with van der Waals surface area (Å²) in [7, 11) is 0. The van der Waals surface area contributed by atoms with Crippen LogP contribution in [0.1, 0.15) is 10.4 Å². The Morgan fingerprint density at radius 2 is 2.36 bits per heavy atom. The highest BCUT2D eigenvalue weighted by Crippen LogP contribution is 2.26. The molecule has 1 unspecified atom stereocenters. The summed E-state index contributed by atoms with van der Waals surface area (Å²) in [5.41, 5.74) is 0.898. The minimum Gasteiger partial charge on any atom is -0.302 e. The van der Waals surface area contributed by atoms with Crippen LogP contribution in [-0.2, 0) is 4.79 Å². The summed E-state index contributed by atoms with van der Waals surface area (Å²) in [5.74, 6) is 0. The van der Waals surface area contributed by atoms with Gasteiger partial charge in [-0.15, -0.1) is 0 Å². The third-order valence-electron chi connectivity index (χ3n) is 1.22. The number of carbonyl (C=O) groups is 1. The topological polar surface area (TPSA) is 30.0 Å². The fourth-order valence-electron chi connectivity index (χ4n) is 0.683. The van der Waals surface area contributed by atoms with Crippen molar-refractivity contribution in [3.63, 3.8) is 0 Å². The first-order valence-corrected chi connectivity index (χ1v) is 4.65.